The van der Waals surface area contributed by atoms with Crippen molar-refractivity contribution in [3.63, 3.8) is 0 Å². The molecule has 0 atom stereocenters. The largest absolute Gasteiger partial charge is 0.481 e. The standard InChI is InChI=1S/C23H28BrN3O5S/c1-4-27(5-2)12-6-7-13-32-19-8-10-20(11-9-19)33(30,31)16-25-22-17(3)14-18(24)15-21(22)23(28)26-29/h8-11,14-15,25,29H,4-5,12-13,16H2,1-3H3,(H,26,28). The predicted molar refractivity (Wildman–Crippen MR) is 131 cm³/mol. The van der Waals surface area contributed by atoms with Crippen LogP contribution in [0.25, 0.3) is 0 Å². The van der Waals surface area contributed by atoms with Crippen LogP contribution in [0.5, 0.6) is 5.75 Å². The molecule has 8 nitrogen and oxygen atoms in total. The van der Waals surface area contributed by atoms with Crippen LogP contribution in [0.2, 0.25) is 0 Å². The summed E-state index contributed by atoms with van der Waals surface area (Å²) < 4.78 is 31.7. The number of benzene rings is 2. The second kappa shape index (κ2) is 12.6. The van der Waals surface area contributed by atoms with Crippen molar-refractivity contribution in [3.8, 4) is 17.6 Å². The number of nitrogens with zero attached hydrogens (tertiary/aromatic N) is 1. The third-order valence-electron chi connectivity index (χ3n) is 4.90. The highest BCUT2D eigenvalue weighted by atomic mass is 79.9. The Labute approximate surface area is 203 Å². The van der Waals surface area contributed by atoms with Crippen molar-refractivity contribution >= 4 is 37.4 Å². The van der Waals surface area contributed by atoms with E-state index in [0.717, 1.165) is 13.1 Å². The third-order valence-corrected chi connectivity index (χ3v) is 6.87. The molecule has 178 valence electrons. The quantitative estimate of drug-likeness (QED) is 0.242. The van der Waals surface area contributed by atoms with Crippen LogP contribution in [0.15, 0.2) is 45.8 Å². The minimum absolute atomic E-state index is 0.109. The molecular weight excluding hydrogens is 510 g/mol. The number of hydrogen-bond acceptors (Lipinski definition) is 7. The number of ether oxygens (including phenoxy) is 1. The zero-order valence-electron chi connectivity index (χ0n) is 18.8. The number of carbonyl (C=O) groups is 1. The van der Waals surface area contributed by atoms with Gasteiger partial charge in [-0.05, 0) is 62.0 Å². The van der Waals surface area contributed by atoms with Crippen molar-refractivity contribution in [2.45, 2.75) is 25.7 Å². The first-order valence-electron chi connectivity index (χ1n) is 10.3. The molecule has 0 bridgehead atoms. The molecule has 0 aliphatic carbocycles. The van der Waals surface area contributed by atoms with Crippen LogP contribution in [-0.2, 0) is 9.84 Å². The van der Waals surface area contributed by atoms with Gasteiger partial charge in [-0.2, -0.15) is 0 Å². The van der Waals surface area contributed by atoms with Gasteiger partial charge >= 0.3 is 0 Å². The van der Waals surface area contributed by atoms with Crippen LogP contribution >= 0.6 is 15.9 Å². The first kappa shape index (κ1) is 26.7. The topological polar surface area (TPSA) is 108 Å². The summed E-state index contributed by atoms with van der Waals surface area (Å²) in [5.41, 5.74) is 2.65. The summed E-state index contributed by atoms with van der Waals surface area (Å²) in [6.07, 6.45) is 0. The van der Waals surface area contributed by atoms with E-state index in [-0.39, 0.29) is 17.1 Å². The molecule has 2 aromatic rings. The van der Waals surface area contributed by atoms with E-state index in [1.54, 1.807) is 30.6 Å². The average Bonchev–Trinajstić information content (AvgIpc) is 2.80. The van der Waals surface area contributed by atoms with Gasteiger partial charge in [0.2, 0.25) is 0 Å². The van der Waals surface area contributed by atoms with Crippen molar-refractivity contribution in [3.05, 3.63) is 52.0 Å². The monoisotopic (exact) mass is 537 g/mol. The maximum atomic E-state index is 12.8. The van der Waals surface area contributed by atoms with E-state index in [9.17, 15) is 13.2 Å². The van der Waals surface area contributed by atoms with Gasteiger partial charge in [-0.1, -0.05) is 41.6 Å². The number of amides is 1. The molecule has 3 N–H and O–H groups in total. The number of hydroxylamine groups is 1. The molecular formula is C23H28BrN3O5S. The van der Waals surface area contributed by atoms with Gasteiger partial charge in [0, 0.05) is 4.47 Å². The maximum Gasteiger partial charge on any atom is 0.276 e. The van der Waals surface area contributed by atoms with Crippen molar-refractivity contribution in [2.24, 2.45) is 0 Å². The van der Waals surface area contributed by atoms with E-state index < -0.39 is 21.6 Å². The molecule has 0 radical (unpaired) electrons. The van der Waals surface area contributed by atoms with Gasteiger partial charge in [-0.15, -0.1) is 0 Å². The van der Waals surface area contributed by atoms with Crippen molar-refractivity contribution < 1.29 is 23.2 Å². The molecule has 0 saturated heterocycles. The molecule has 0 fully saturated rings. The molecule has 2 rings (SSSR count). The smallest absolute Gasteiger partial charge is 0.276 e. The highest BCUT2D eigenvalue weighted by Gasteiger charge is 2.19. The molecule has 0 aliphatic heterocycles. The fourth-order valence-corrected chi connectivity index (χ4v) is 4.62. The van der Waals surface area contributed by atoms with Crippen LogP contribution < -0.4 is 15.5 Å². The van der Waals surface area contributed by atoms with Gasteiger partial charge in [0.15, 0.2) is 9.84 Å². The molecule has 0 heterocycles. The summed E-state index contributed by atoms with van der Waals surface area (Å²) >= 11 is 3.29. The van der Waals surface area contributed by atoms with Crippen molar-refractivity contribution in [1.29, 1.82) is 0 Å². The van der Waals surface area contributed by atoms with Gasteiger partial charge in [-0.25, -0.2) is 13.9 Å². The van der Waals surface area contributed by atoms with Gasteiger partial charge in [0.25, 0.3) is 5.91 Å². The van der Waals surface area contributed by atoms with Crippen LogP contribution in [0.4, 0.5) is 5.69 Å². The number of anilines is 1. The maximum absolute atomic E-state index is 12.8. The van der Waals surface area contributed by atoms with E-state index in [2.05, 4.69) is 51.8 Å². The first-order valence-corrected chi connectivity index (χ1v) is 12.8. The van der Waals surface area contributed by atoms with Crippen LogP contribution in [-0.4, -0.2) is 56.6 Å². The highest BCUT2D eigenvalue weighted by Crippen LogP contribution is 2.27. The molecule has 2 aromatic carbocycles. The summed E-state index contributed by atoms with van der Waals surface area (Å²) in [4.78, 5) is 14.3. The van der Waals surface area contributed by atoms with Crippen LogP contribution in [0.1, 0.15) is 29.8 Å². The predicted octanol–water partition coefficient (Wildman–Crippen LogP) is 3.44. The van der Waals surface area contributed by atoms with Crippen molar-refractivity contribution in [1.82, 2.24) is 10.4 Å². The Hall–Kier alpha value is -2.58. The van der Waals surface area contributed by atoms with Gasteiger partial charge in [0.1, 0.15) is 18.2 Å². The van der Waals surface area contributed by atoms with E-state index in [0.29, 0.717) is 28.0 Å². The van der Waals surface area contributed by atoms with Crippen LogP contribution in [0, 0.1) is 18.8 Å². The van der Waals surface area contributed by atoms with Gasteiger partial charge < -0.3 is 10.1 Å². The van der Waals surface area contributed by atoms with E-state index >= 15 is 0 Å². The molecule has 0 spiro atoms. The SMILES string of the molecule is CCN(CC)CC#CCOc1ccc(S(=O)(=O)CNc2c(C)cc(Br)cc2C(=O)NO)cc1. The van der Waals surface area contributed by atoms with Gasteiger partial charge in [-0.3, -0.25) is 14.9 Å². The average molecular weight is 538 g/mol. The number of sulfone groups is 1. The first-order chi connectivity index (χ1) is 15.7. The summed E-state index contributed by atoms with van der Waals surface area (Å²) in [5.74, 6) is 5.34. The Morgan fingerprint density at radius 3 is 2.42 bits per heavy atom. The number of rotatable bonds is 10. The van der Waals surface area contributed by atoms with E-state index in [4.69, 9.17) is 9.94 Å². The minimum atomic E-state index is -3.70. The summed E-state index contributed by atoms with van der Waals surface area (Å²) in [6, 6.07) is 9.31. The Kier molecular flexibility index (Phi) is 10.2. The summed E-state index contributed by atoms with van der Waals surface area (Å²) in [5, 5.41) is 11.8. The Morgan fingerprint density at radius 2 is 1.82 bits per heavy atom. The lowest BCUT2D eigenvalue weighted by Gasteiger charge is -2.15. The molecule has 0 saturated carbocycles. The Bertz CT molecular complexity index is 1120. The number of halogens is 1. The molecule has 0 unspecified atom stereocenters. The number of hydrogen-bond donors (Lipinski definition) is 3. The normalized spacial score (nSPS) is 11.0. The molecule has 1 amide bonds. The molecule has 33 heavy (non-hydrogen) atoms. The lowest BCUT2D eigenvalue weighted by molar-refractivity contribution is 0.0707. The number of aryl methyl sites for hydroxylation is 1. The molecule has 0 aliphatic rings. The fourth-order valence-electron chi connectivity index (χ4n) is 3.00. The Balaban J connectivity index is 2.03. The fraction of sp³-hybridized carbons (Fsp3) is 0.348. The second-order valence-corrected chi connectivity index (χ2v) is 10.0. The zero-order chi connectivity index (χ0) is 24.4. The second-order valence-electron chi connectivity index (χ2n) is 7.10. The lowest BCUT2D eigenvalue weighted by atomic mass is 10.1. The van der Waals surface area contributed by atoms with E-state index in [1.165, 1.54) is 18.2 Å². The summed E-state index contributed by atoms with van der Waals surface area (Å²) in [6.45, 7) is 8.66. The van der Waals surface area contributed by atoms with E-state index in [1.807, 2.05) is 0 Å². The highest BCUT2D eigenvalue weighted by molar-refractivity contribution is 9.10. The number of carbonyl (C=O) groups excluding carboxylic acids is 1. The lowest BCUT2D eigenvalue weighted by Crippen LogP contribution is -2.23. The Morgan fingerprint density at radius 1 is 1.15 bits per heavy atom. The number of nitrogens with one attached hydrogen (secondary N) is 2. The van der Waals surface area contributed by atoms with Gasteiger partial charge in [0.05, 0.1) is 22.7 Å². The minimum Gasteiger partial charge on any atom is -0.481 e. The van der Waals surface area contributed by atoms with Crippen LogP contribution in [0.3, 0.4) is 0 Å². The summed E-state index contributed by atoms with van der Waals surface area (Å²) in [7, 11) is -3.70. The molecule has 0 aromatic heterocycles. The molecule has 10 heteroatoms. The van der Waals surface area contributed by atoms with Crippen molar-refractivity contribution in [2.75, 3.05) is 37.4 Å². The third kappa shape index (κ3) is 7.75. The zero-order valence-corrected chi connectivity index (χ0v) is 21.2.